The Labute approximate surface area is 215 Å². The summed E-state index contributed by atoms with van der Waals surface area (Å²) in [7, 11) is 0. The van der Waals surface area contributed by atoms with Crippen LogP contribution in [0.15, 0.2) is 55.2 Å². The number of hydrogen-bond donors (Lipinski definition) is 3. The summed E-state index contributed by atoms with van der Waals surface area (Å²) in [6.07, 6.45) is 12.8. The third-order valence-corrected chi connectivity index (χ3v) is 7.86. The number of aromatic nitrogens is 6. The van der Waals surface area contributed by atoms with E-state index < -0.39 is 0 Å². The van der Waals surface area contributed by atoms with Gasteiger partial charge in [0.2, 0.25) is 0 Å². The maximum Gasteiger partial charge on any atom is 0.163 e. The Balaban J connectivity index is 1.40. The summed E-state index contributed by atoms with van der Waals surface area (Å²) in [5.41, 5.74) is 6.07. The molecule has 2 fully saturated rings. The monoisotopic (exact) mass is 490 g/mol. The first-order chi connectivity index (χ1) is 18.1. The van der Waals surface area contributed by atoms with Crippen molar-refractivity contribution < 1.29 is 0 Å². The lowest BCUT2D eigenvalue weighted by molar-refractivity contribution is 0.236. The van der Waals surface area contributed by atoms with Gasteiger partial charge in [-0.05, 0) is 67.0 Å². The first kappa shape index (κ1) is 22.3. The molecule has 0 radical (unpaired) electrons. The highest BCUT2D eigenvalue weighted by molar-refractivity contribution is 5.98. The highest BCUT2D eigenvalue weighted by Gasteiger charge is 2.34. The van der Waals surface area contributed by atoms with Crippen molar-refractivity contribution in [3.8, 4) is 22.6 Å². The van der Waals surface area contributed by atoms with Crippen LogP contribution >= 0.6 is 0 Å². The van der Waals surface area contributed by atoms with E-state index in [0.29, 0.717) is 17.8 Å². The molecule has 5 aromatic heterocycles. The maximum atomic E-state index is 5.21. The van der Waals surface area contributed by atoms with Crippen molar-refractivity contribution in [2.24, 2.45) is 5.41 Å². The van der Waals surface area contributed by atoms with Crippen molar-refractivity contribution in [2.75, 3.05) is 18.4 Å². The number of fused-ring (bicyclic) bond motifs is 2. The van der Waals surface area contributed by atoms with E-state index in [-0.39, 0.29) is 5.41 Å². The van der Waals surface area contributed by atoms with Crippen LogP contribution in [0, 0.1) is 5.41 Å². The Morgan fingerprint density at radius 2 is 1.84 bits per heavy atom. The van der Waals surface area contributed by atoms with Crippen LogP contribution in [0.4, 0.5) is 5.82 Å². The summed E-state index contributed by atoms with van der Waals surface area (Å²) in [6, 6.07) is 8.42. The minimum absolute atomic E-state index is 0.104. The molecule has 2 aliphatic rings. The van der Waals surface area contributed by atoms with E-state index >= 15 is 0 Å². The number of aromatic amines is 1. The molecule has 0 bridgehead atoms. The average molecular weight is 491 g/mol. The second-order valence-electron chi connectivity index (χ2n) is 11.0. The molecular formula is C29H30N8. The summed E-state index contributed by atoms with van der Waals surface area (Å²) < 4.78 is 0. The van der Waals surface area contributed by atoms with E-state index in [1.165, 1.54) is 18.4 Å². The van der Waals surface area contributed by atoms with Crippen LogP contribution in [0.2, 0.25) is 0 Å². The van der Waals surface area contributed by atoms with Gasteiger partial charge in [0, 0.05) is 65.0 Å². The molecule has 5 aromatic rings. The molecule has 8 nitrogen and oxygen atoms in total. The Morgan fingerprint density at radius 1 is 0.973 bits per heavy atom. The zero-order valence-corrected chi connectivity index (χ0v) is 21.1. The molecule has 0 aromatic carbocycles. The molecular weight excluding hydrogens is 460 g/mol. The van der Waals surface area contributed by atoms with Crippen LogP contribution in [0.3, 0.4) is 0 Å². The molecule has 8 heteroatoms. The fourth-order valence-electron chi connectivity index (χ4n) is 5.55. The molecule has 37 heavy (non-hydrogen) atoms. The SMILES string of the molecule is CC1(C)CNCCC1Nc1nc(-c2ccnc3[nH]c(-c4ccncc4)cc23)nc2cncc(C3CC3)c12. The summed E-state index contributed by atoms with van der Waals surface area (Å²) >= 11 is 0. The first-order valence-electron chi connectivity index (χ1n) is 13.1. The van der Waals surface area contributed by atoms with Gasteiger partial charge in [-0.2, -0.15) is 0 Å². The summed E-state index contributed by atoms with van der Waals surface area (Å²) in [5.74, 6) is 2.15. The highest BCUT2D eigenvalue weighted by atomic mass is 15.1. The molecule has 1 atom stereocenters. The first-order valence-corrected chi connectivity index (χ1v) is 13.1. The number of pyridine rings is 3. The predicted octanol–water partition coefficient (Wildman–Crippen LogP) is 5.31. The predicted molar refractivity (Wildman–Crippen MR) is 146 cm³/mol. The van der Waals surface area contributed by atoms with Crippen LogP contribution in [0.25, 0.3) is 44.6 Å². The smallest absolute Gasteiger partial charge is 0.163 e. The lowest BCUT2D eigenvalue weighted by Gasteiger charge is -2.40. The average Bonchev–Trinajstić information content (AvgIpc) is 3.67. The van der Waals surface area contributed by atoms with Crippen LogP contribution in [0.5, 0.6) is 0 Å². The van der Waals surface area contributed by atoms with Gasteiger partial charge in [-0.25, -0.2) is 15.0 Å². The van der Waals surface area contributed by atoms with E-state index in [2.05, 4.69) is 50.5 Å². The topological polar surface area (TPSA) is 104 Å². The fraction of sp³-hybridized carbons (Fsp3) is 0.345. The summed E-state index contributed by atoms with van der Waals surface area (Å²) in [5, 5.41) is 9.53. The molecule has 0 amide bonds. The molecule has 7 rings (SSSR count). The largest absolute Gasteiger partial charge is 0.366 e. The van der Waals surface area contributed by atoms with Gasteiger partial charge >= 0.3 is 0 Å². The molecule has 3 N–H and O–H groups in total. The van der Waals surface area contributed by atoms with Gasteiger partial charge < -0.3 is 15.6 Å². The van der Waals surface area contributed by atoms with Gasteiger partial charge in [0.1, 0.15) is 11.5 Å². The second-order valence-corrected chi connectivity index (χ2v) is 11.0. The molecule has 1 unspecified atom stereocenters. The molecule has 1 saturated heterocycles. The van der Waals surface area contributed by atoms with E-state index in [4.69, 9.17) is 9.97 Å². The van der Waals surface area contributed by atoms with Crippen molar-refractivity contribution >= 4 is 27.8 Å². The quantitative estimate of drug-likeness (QED) is 0.307. The minimum Gasteiger partial charge on any atom is -0.366 e. The Hall–Kier alpha value is -3.91. The summed E-state index contributed by atoms with van der Waals surface area (Å²) in [4.78, 5) is 27.0. The van der Waals surface area contributed by atoms with Crippen LogP contribution in [-0.4, -0.2) is 49.0 Å². The minimum atomic E-state index is 0.104. The number of hydrogen-bond acceptors (Lipinski definition) is 7. The lowest BCUT2D eigenvalue weighted by atomic mass is 9.80. The normalized spacial score (nSPS) is 19.4. The number of nitrogens with zero attached hydrogens (tertiary/aromatic N) is 5. The zero-order chi connectivity index (χ0) is 25.0. The third-order valence-electron chi connectivity index (χ3n) is 7.86. The molecule has 1 saturated carbocycles. The highest BCUT2D eigenvalue weighted by Crippen LogP contribution is 2.45. The van der Waals surface area contributed by atoms with E-state index in [9.17, 15) is 0 Å². The standard InChI is InChI=1S/C29H30N8/c1-29(2)16-31-11-8-24(29)36-28-25-21(17-3-4-17)14-32-15-23(25)35-27(37-28)19-7-12-33-26-20(19)13-22(34-26)18-5-9-30-10-6-18/h5-7,9-10,12-15,17,24,31H,3-4,8,11,16H2,1-2H3,(H,33,34)(H,35,36,37). The van der Waals surface area contributed by atoms with Crippen molar-refractivity contribution in [3.63, 3.8) is 0 Å². The Kier molecular flexibility index (Phi) is 5.18. The van der Waals surface area contributed by atoms with Gasteiger partial charge in [-0.1, -0.05) is 13.8 Å². The zero-order valence-electron chi connectivity index (χ0n) is 21.1. The third kappa shape index (κ3) is 4.01. The van der Waals surface area contributed by atoms with Gasteiger partial charge in [0.15, 0.2) is 5.82 Å². The van der Waals surface area contributed by atoms with Gasteiger partial charge in [-0.15, -0.1) is 0 Å². The molecule has 6 heterocycles. The molecule has 1 aliphatic carbocycles. The summed E-state index contributed by atoms with van der Waals surface area (Å²) in [6.45, 7) is 6.61. The van der Waals surface area contributed by atoms with Crippen LogP contribution in [-0.2, 0) is 0 Å². The number of nitrogens with one attached hydrogen (secondary N) is 3. The number of anilines is 1. The van der Waals surface area contributed by atoms with Crippen LogP contribution in [0.1, 0.15) is 44.6 Å². The number of piperidine rings is 1. The van der Waals surface area contributed by atoms with Crippen molar-refractivity contribution in [1.29, 1.82) is 0 Å². The fourth-order valence-corrected chi connectivity index (χ4v) is 5.55. The van der Waals surface area contributed by atoms with Crippen molar-refractivity contribution in [2.45, 2.75) is 45.1 Å². The lowest BCUT2D eigenvalue weighted by Crippen LogP contribution is -2.49. The van der Waals surface area contributed by atoms with Gasteiger partial charge in [0.25, 0.3) is 0 Å². The van der Waals surface area contributed by atoms with E-state index in [1.54, 1.807) is 12.4 Å². The second kappa shape index (κ2) is 8.59. The Bertz CT molecular complexity index is 1600. The molecule has 186 valence electrons. The molecule has 0 spiro atoms. The van der Waals surface area contributed by atoms with Crippen LogP contribution < -0.4 is 10.6 Å². The van der Waals surface area contributed by atoms with Crippen molar-refractivity contribution in [1.82, 2.24) is 35.2 Å². The maximum absolute atomic E-state index is 5.21. The number of H-pyrrole nitrogens is 1. The van der Waals surface area contributed by atoms with E-state index in [1.807, 2.05) is 36.8 Å². The molecule has 1 aliphatic heterocycles. The number of rotatable bonds is 5. The van der Waals surface area contributed by atoms with E-state index in [0.717, 1.165) is 64.1 Å². The van der Waals surface area contributed by atoms with Gasteiger partial charge in [0.05, 0.1) is 11.7 Å². The Morgan fingerprint density at radius 3 is 2.65 bits per heavy atom. The van der Waals surface area contributed by atoms with Crippen molar-refractivity contribution in [3.05, 3.63) is 60.8 Å². The van der Waals surface area contributed by atoms with Gasteiger partial charge in [-0.3, -0.25) is 9.97 Å².